The van der Waals surface area contributed by atoms with Crippen LogP contribution in [0.5, 0.6) is 11.5 Å². The number of nitrogens with zero attached hydrogens (tertiary/aromatic N) is 4. The van der Waals surface area contributed by atoms with Gasteiger partial charge in [-0.1, -0.05) is 6.07 Å². The Kier molecular flexibility index (Phi) is 3.50. The molecule has 0 spiro atoms. The highest BCUT2D eigenvalue weighted by Gasteiger charge is 2.55. The second-order valence-electron chi connectivity index (χ2n) is 8.37. The molecule has 7 heteroatoms. The van der Waals surface area contributed by atoms with Gasteiger partial charge in [0, 0.05) is 31.7 Å². The van der Waals surface area contributed by atoms with Crippen LogP contribution >= 0.6 is 0 Å². The fourth-order valence-electron chi connectivity index (χ4n) is 5.82. The van der Waals surface area contributed by atoms with Crippen LogP contribution in [0, 0.1) is 5.92 Å². The summed E-state index contributed by atoms with van der Waals surface area (Å²) >= 11 is 0. The molecule has 6 heterocycles. The SMILES string of the molecule is Cn1nccc1C(=O)N1C[C@H](c2ccc3c(c2)OCO3)[C@H]2[C@@H]1C1CCN2CC1. The van der Waals surface area contributed by atoms with E-state index in [1.165, 1.54) is 18.4 Å². The Morgan fingerprint density at radius 1 is 1.11 bits per heavy atom. The minimum atomic E-state index is 0.104. The van der Waals surface area contributed by atoms with Gasteiger partial charge < -0.3 is 14.4 Å². The number of fused-ring (bicyclic) bond motifs is 3. The number of piperidine rings is 3. The Bertz CT molecular complexity index is 933. The fraction of sp³-hybridized carbons (Fsp3) is 0.524. The molecular formula is C21H24N4O3. The van der Waals surface area contributed by atoms with E-state index in [2.05, 4.69) is 27.0 Å². The van der Waals surface area contributed by atoms with Crippen molar-refractivity contribution >= 4 is 5.91 Å². The largest absolute Gasteiger partial charge is 0.454 e. The molecule has 0 N–H and O–H groups in total. The van der Waals surface area contributed by atoms with Crippen molar-refractivity contribution in [2.45, 2.75) is 30.8 Å². The lowest BCUT2D eigenvalue weighted by atomic mass is 9.75. The second-order valence-corrected chi connectivity index (χ2v) is 8.37. The van der Waals surface area contributed by atoms with Crippen LogP contribution in [-0.4, -0.2) is 64.0 Å². The molecule has 1 aromatic heterocycles. The Balaban J connectivity index is 1.39. The summed E-state index contributed by atoms with van der Waals surface area (Å²) in [7, 11) is 1.84. The van der Waals surface area contributed by atoms with Gasteiger partial charge in [-0.05, 0) is 55.6 Å². The topological polar surface area (TPSA) is 59.8 Å². The molecule has 0 unspecified atom stereocenters. The number of amides is 1. The summed E-state index contributed by atoms with van der Waals surface area (Å²) in [5.74, 6) is 2.62. The van der Waals surface area contributed by atoms with Gasteiger partial charge >= 0.3 is 0 Å². The van der Waals surface area contributed by atoms with E-state index in [0.29, 0.717) is 23.6 Å². The van der Waals surface area contributed by atoms with Gasteiger partial charge in [0.15, 0.2) is 11.5 Å². The number of carbonyl (C=O) groups excluding carboxylic acids is 1. The minimum Gasteiger partial charge on any atom is -0.454 e. The summed E-state index contributed by atoms with van der Waals surface area (Å²) in [6.07, 6.45) is 4.07. The molecule has 7 rings (SSSR count). The van der Waals surface area contributed by atoms with Gasteiger partial charge in [-0.3, -0.25) is 14.4 Å². The molecule has 3 atom stereocenters. The maximum Gasteiger partial charge on any atom is 0.272 e. The molecule has 4 saturated heterocycles. The lowest BCUT2D eigenvalue weighted by molar-refractivity contribution is -0.00373. The lowest BCUT2D eigenvalue weighted by Crippen LogP contribution is -2.60. The van der Waals surface area contributed by atoms with Crippen LogP contribution in [0.1, 0.15) is 34.8 Å². The maximum absolute atomic E-state index is 13.4. The molecule has 0 aliphatic carbocycles. The molecular weight excluding hydrogens is 356 g/mol. The van der Waals surface area contributed by atoms with Gasteiger partial charge in [-0.15, -0.1) is 0 Å². The predicted octanol–water partition coefficient (Wildman–Crippen LogP) is 1.85. The third-order valence-electron chi connectivity index (χ3n) is 7.12. The average Bonchev–Trinajstić information content (AvgIpc) is 3.46. The zero-order chi connectivity index (χ0) is 18.8. The monoisotopic (exact) mass is 380 g/mol. The third-order valence-corrected chi connectivity index (χ3v) is 7.12. The van der Waals surface area contributed by atoms with E-state index < -0.39 is 0 Å². The first-order valence-corrected chi connectivity index (χ1v) is 10.1. The summed E-state index contributed by atoms with van der Waals surface area (Å²) < 4.78 is 12.8. The number of rotatable bonds is 2. The number of benzene rings is 1. The molecule has 28 heavy (non-hydrogen) atoms. The summed E-state index contributed by atoms with van der Waals surface area (Å²) in [6, 6.07) is 8.76. The molecule has 1 amide bonds. The van der Waals surface area contributed by atoms with Crippen molar-refractivity contribution in [2.75, 3.05) is 26.4 Å². The highest BCUT2D eigenvalue weighted by atomic mass is 16.7. The molecule has 146 valence electrons. The van der Waals surface area contributed by atoms with Crippen LogP contribution in [0.25, 0.3) is 0 Å². The molecule has 7 nitrogen and oxygen atoms in total. The van der Waals surface area contributed by atoms with Crippen LogP contribution in [-0.2, 0) is 7.05 Å². The van der Waals surface area contributed by atoms with E-state index in [4.69, 9.17) is 9.47 Å². The van der Waals surface area contributed by atoms with E-state index in [9.17, 15) is 4.79 Å². The van der Waals surface area contributed by atoms with Crippen molar-refractivity contribution < 1.29 is 14.3 Å². The molecule has 5 aliphatic rings. The van der Waals surface area contributed by atoms with E-state index in [1.54, 1.807) is 10.9 Å². The van der Waals surface area contributed by atoms with E-state index in [-0.39, 0.29) is 18.7 Å². The van der Waals surface area contributed by atoms with Crippen LogP contribution in [0.2, 0.25) is 0 Å². The van der Waals surface area contributed by atoms with Gasteiger partial charge in [0.05, 0.1) is 6.04 Å². The number of hydrogen-bond donors (Lipinski definition) is 0. The Hall–Kier alpha value is -2.54. The zero-order valence-electron chi connectivity index (χ0n) is 16.0. The standard InChI is InChI=1S/C21H24N4O3/c1-23-16(4-7-22-23)21(26)25-11-15(14-2-3-17-18(10-14)28-12-27-17)20-19(25)13-5-8-24(20)9-6-13/h2-4,7,10,13,15,19-20H,5-6,8-9,11-12H2,1H3/t15-,19+,20+/m1/s1. The van der Waals surface area contributed by atoms with Gasteiger partial charge in [0.2, 0.25) is 6.79 Å². The number of likely N-dealkylation sites (tertiary alicyclic amines) is 1. The number of hydrogen-bond acceptors (Lipinski definition) is 5. The summed E-state index contributed by atoms with van der Waals surface area (Å²) in [4.78, 5) is 18.2. The molecule has 1 aromatic carbocycles. The normalized spacial score (nSPS) is 32.6. The van der Waals surface area contributed by atoms with Crippen LogP contribution in [0.4, 0.5) is 0 Å². The minimum absolute atomic E-state index is 0.104. The van der Waals surface area contributed by atoms with Crippen LogP contribution < -0.4 is 9.47 Å². The number of aromatic nitrogens is 2. The zero-order valence-corrected chi connectivity index (χ0v) is 16.0. The third kappa shape index (κ3) is 2.25. The summed E-state index contributed by atoms with van der Waals surface area (Å²) in [5.41, 5.74) is 1.91. The van der Waals surface area contributed by atoms with Crippen molar-refractivity contribution in [1.29, 1.82) is 0 Å². The first-order chi connectivity index (χ1) is 13.7. The van der Waals surface area contributed by atoms with Gasteiger partial charge in [0.1, 0.15) is 5.69 Å². The van der Waals surface area contributed by atoms with Gasteiger partial charge in [-0.2, -0.15) is 5.10 Å². The number of ether oxygens (including phenoxy) is 2. The van der Waals surface area contributed by atoms with Crippen LogP contribution in [0.3, 0.4) is 0 Å². The first-order valence-electron chi connectivity index (χ1n) is 10.1. The summed E-state index contributed by atoms with van der Waals surface area (Å²) in [6.45, 7) is 3.31. The van der Waals surface area contributed by atoms with E-state index >= 15 is 0 Å². The highest BCUT2D eigenvalue weighted by molar-refractivity contribution is 5.93. The van der Waals surface area contributed by atoms with Crippen molar-refractivity contribution in [1.82, 2.24) is 19.6 Å². The fourth-order valence-corrected chi connectivity index (χ4v) is 5.82. The van der Waals surface area contributed by atoms with Crippen molar-refractivity contribution in [3.8, 4) is 11.5 Å². The molecule has 2 bridgehead atoms. The highest BCUT2D eigenvalue weighted by Crippen LogP contribution is 2.48. The Labute approximate surface area is 163 Å². The number of aryl methyl sites for hydroxylation is 1. The maximum atomic E-state index is 13.4. The van der Waals surface area contributed by atoms with E-state index in [1.807, 2.05) is 19.2 Å². The second kappa shape index (κ2) is 5.98. The Morgan fingerprint density at radius 3 is 2.71 bits per heavy atom. The van der Waals surface area contributed by atoms with Crippen molar-refractivity contribution in [3.05, 3.63) is 41.7 Å². The van der Waals surface area contributed by atoms with Gasteiger partial charge in [-0.25, -0.2) is 0 Å². The average molecular weight is 380 g/mol. The molecule has 0 radical (unpaired) electrons. The smallest absolute Gasteiger partial charge is 0.272 e. The molecule has 5 aliphatic heterocycles. The Morgan fingerprint density at radius 2 is 1.93 bits per heavy atom. The van der Waals surface area contributed by atoms with Gasteiger partial charge in [0.25, 0.3) is 5.91 Å². The molecule has 0 saturated carbocycles. The lowest BCUT2D eigenvalue weighted by Gasteiger charge is -2.51. The first kappa shape index (κ1) is 16.4. The molecule has 2 aromatic rings. The van der Waals surface area contributed by atoms with E-state index in [0.717, 1.165) is 31.1 Å². The predicted molar refractivity (Wildman–Crippen MR) is 101 cm³/mol. The van der Waals surface area contributed by atoms with Crippen molar-refractivity contribution in [2.24, 2.45) is 13.0 Å². The molecule has 4 fully saturated rings. The van der Waals surface area contributed by atoms with Crippen molar-refractivity contribution in [3.63, 3.8) is 0 Å². The number of carbonyl (C=O) groups is 1. The quantitative estimate of drug-likeness (QED) is 0.796. The van der Waals surface area contributed by atoms with Crippen LogP contribution in [0.15, 0.2) is 30.5 Å². The summed E-state index contributed by atoms with van der Waals surface area (Å²) in [5, 5.41) is 4.21.